The number of carbonyl (C=O) groups is 1. The number of anilines is 1. The number of unbranched alkanes of at least 4 members (excludes halogenated alkanes) is 1. The number of nitrogens with zero attached hydrogens (tertiary/aromatic N) is 3. The summed E-state index contributed by atoms with van der Waals surface area (Å²) in [6, 6.07) is 3.84. The largest absolute Gasteiger partial charge is 0.492 e. The van der Waals surface area contributed by atoms with Crippen LogP contribution in [0, 0.1) is 12.3 Å². The summed E-state index contributed by atoms with van der Waals surface area (Å²) in [6.45, 7) is 16.5. The summed E-state index contributed by atoms with van der Waals surface area (Å²) >= 11 is 0. The van der Waals surface area contributed by atoms with Gasteiger partial charge in [-0.2, -0.15) is 0 Å². The van der Waals surface area contributed by atoms with E-state index in [2.05, 4.69) is 35.6 Å². The molecule has 3 heterocycles. The number of piperidine rings is 1. The molecule has 0 aliphatic carbocycles. The lowest BCUT2D eigenvalue weighted by Gasteiger charge is -2.40. The van der Waals surface area contributed by atoms with Crippen molar-refractivity contribution >= 4 is 11.7 Å². The fraction of sp³-hybridized carbons (Fsp3) is 0.607. The number of carboxylic acid groups (broad SMARTS) is 1. The summed E-state index contributed by atoms with van der Waals surface area (Å²) in [5.41, 5.74) is 3.29. The summed E-state index contributed by atoms with van der Waals surface area (Å²) in [6.07, 6.45) is 6.50. The Morgan fingerprint density at radius 1 is 1.17 bits per heavy atom. The van der Waals surface area contributed by atoms with E-state index in [0.29, 0.717) is 17.9 Å². The third-order valence-electron chi connectivity index (χ3n) is 6.46. The van der Waals surface area contributed by atoms with Crippen molar-refractivity contribution in [2.75, 3.05) is 24.6 Å². The number of pyridine rings is 2. The maximum atomic E-state index is 12.5. The Kier molecular flexibility index (Phi) is 8.42. The van der Waals surface area contributed by atoms with E-state index in [9.17, 15) is 9.90 Å². The molecule has 0 spiro atoms. The molecular weight excluding hydrogens is 442 g/mol. The molecule has 0 radical (unpaired) electrons. The quantitative estimate of drug-likeness (QED) is 0.425. The van der Waals surface area contributed by atoms with Gasteiger partial charge in [0.2, 0.25) is 0 Å². The first-order chi connectivity index (χ1) is 16.4. The van der Waals surface area contributed by atoms with Gasteiger partial charge in [-0.05, 0) is 64.5 Å². The van der Waals surface area contributed by atoms with E-state index < -0.39 is 17.7 Å². The molecule has 1 aliphatic heterocycles. The van der Waals surface area contributed by atoms with Crippen molar-refractivity contribution < 1.29 is 19.4 Å². The van der Waals surface area contributed by atoms with Crippen LogP contribution in [0.1, 0.15) is 84.6 Å². The van der Waals surface area contributed by atoms with Crippen LogP contribution < -0.4 is 9.64 Å². The minimum Gasteiger partial charge on any atom is -0.492 e. The fourth-order valence-corrected chi connectivity index (χ4v) is 4.33. The molecule has 1 aliphatic rings. The standard InChI is InChI=1S/C28H41N3O4/c1-8-9-16-34-20-10-11-22(30-17-20)21-18-29-19(2)23(25(26(32)33)35-27(3,4)5)24(21)31-14-12-28(6,7)13-15-31/h10-11,17-18,25H,8-9,12-16H2,1-7H3,(H,32,33)/t25-/m0/s1. The van der Waals surface area contributed by atoms with Crippen LogP contribution in [0.4, 0.5) is 5.69 Å². The van der Waals surface area contributed by atoms with E-state index >= 15 is 0 Å². The summed E-state index contributed by atoms with van der Waals surface area (Å²) in [5.74, 6) is -0.295. The first-order valence-electron chi connectivity index (χ1n) is 12.7. The van der Waals surface area contributed by atoms with Gasteiger partial charge in [0.1, 0.15) is 5.75 Å². The van der Waals surface area contributed by atoms with Gasteiger partial charge in [0.25, 0.3) is 0 Å². The van der Waals surface area contributed by atoms with E-state index in [1.54, 1.807) is 6.20 Å². The maximum Gasteiger partial charge on any atom is 0.337 e. The normalized spacial score (nSPS) is 16.7. The van der Waals surface area contributed by atoms with Crippen molar-refractivity contribution in [3.63, 3.8) is 0 Å². The second kappa shape index (κ2) is 10.9. The van der Waals surface area contributed by atoms with Gasteiger partial charge in [-0.1, -0.05) is 27.2 Å². The predicted molar refractivity (Wildman–Crippen MR) is 139 cm³/mol. The van der Waals surface area contributed by atoms with Gasteiger partial charge in [0, 0.05) is 36.1 Å². The molecule has 192 valence electrons. The topological polar surface area (TPSA) is 84.8 Å². The average molecular weight is 484 g/mol. The number of aliphatic carboxylic acids is 1. The minimum atomic E-state index is -1.14. The van der Waals surface area contributed by atoms with Crippen LogP contribution in [-0.2, 0) is 9.53 Å². The van der Waals surface area contributed by atoms with Crippen molar-refractivity contribution in [3.8, 4) is 17.0 Å². The van der Waals surface area contributed by atoms with Crippen molar-refractivity contribution in [2.45, 2.75) is 85.9 Å². The van der Waals surface area contributed by atoms with Crippen molar-refractivity contribution in [2.24, 2.45) is 5.41 Å². The van der Waals surface area contributed by atoms with Crippen molar-refractivity contribution in [1.29, 1.82) is 0 Å². The molecule has 0 unspecified atom stereocenters. The lowest BCUT2D eigenvalue weighted by Crippen LogP contribution is -2.39. The van der Waals surface area contributed by atoms with Crippen LogP contribution in [-0.4, -0.2) is 46.3 Å². The van der Waals surface area contributed by atoms with Gasteiger partial charge in [0.05, 0.1) is 29.8 Å². The summed E-state index contributed by atoms with van der Waals surface area (Å²) in [4.78, 5) is 24.1. The Morgan fingerprint density at radius 3 is 2.40 bits per heavy atom. The lowest BCUT2D eigenvalue weighted by molar-refractivity contribution is -0.160. The number of rotatable bonds is 9. The molecule has 0 saturated carbocycles. The summed E-state index contributed by atoms with van der Waals surface area (Å²) in [5, 5.41) is 10.2. The Bertz CT molecular complexity index is 1000. The van der Waals surface area contributed by atoms with Gasteiger partial charge in [-0.3, -0.25) is 9.97 Å². The molecule has 35 heavy (non-hydrogen) atoms. The van der Waals surface area contributed by atoms with Crippen LogP contribution in [0.3, 0.4) is 0 Å². The summed E-state index contributed by atoms with van der Waals surface area (Å²) < 4.78 is 11.9. The molecular formula is C28H41N3O4. The highest BCUT2D eigenvalue weighted by molar-refractivity contribution is 5.85. The van der Waals surface area contributed by atoms with E-state index in [1.165, 1.54) is 0 Å². The maximum absolute atomic E-state index is 12.5. The highest BCUT2D eigenvalue weighted by Crippen LogP contribution is 2.43. The van der Waals surface area contributed by atoms with Gasteiger partial charge in [-0.15, -0.1) is 0 Å². The summed E-state index contributed by atoms with van der Waals surface area (Å²) in [7, 11) is 0. The molecule has 2 aromatic heterocycles. The van der Waals surface area contributed by atoms with Crippen LogP contribution in [0.25, 0.3) is 11.3 Å². The van der Waals surface area contributed by atoms with E-state index in [0.717, 1.165) is 61.5 Å². The fourth-order valence-electron chi connectivity index (χ4n) is 4.33. The Hall–Kier alpha value is -2.67. The molecule has 3 rings (SSSR count). The van der Waals surface area contributed by atoms with Crippen LogP contribution in [0.15, 0.2) is 24.5 Å². The number of hydrogen-bond donors (Lipinski definition) is 1. The van der Waals surface area contributed by atoms with Gasteiger partial charge < -0.3 is 19.5 Å². The lowest BCUT2D eigenvalue weighted by atomic mass is 9.82. The third-order valence-corrected chi connectivity index (χ3v) is 6.46. The molecule has 1 N–H and O–H groups in total. The molecule has 1 saturated heterocycles. The molecule has 7 nitrogen and oxygen atoms in total. The Morgan fingerprint density at radius 2 is 1.86 bits per heavy atom. The van der Waals surface area contributed by atoms with E-state index in [-0.39, 0.29) is 5.41 Å². The molecule has 0 aromatic carbocycles. The number of aryl methyl sites for hydroxylation is 1. The zero-order valence-corrected chi connectivity index (χ0v) is 22.4. The predicted octanol–water partition coefficient (Wildman–Crippen LogP) is 6.20. The van der Waals surface area contributed by atoms with Crippen LogP contribution in [0.5, 0.6) is 5.75 Å². The number of ether oxygens (including phenoxy) is 2. The van der Waals surface area contributed by atoms with Crippen LogP contribution >= 0.6 is 0 Å². The van der Waals surface area contributed by atoms with Gasteiger partial charge in [-0.25, -0.2) is 4.79 Å². The Labute approximate surface area is 209 Å². The average Bonchev–Trinajstić information content (AvgIpc) is 2.78. The number of carboxylic acids is 1. The van der Waals surface area contributed by atoms with Crippen molar-refractivity contribution in [3.05, 3.63) is 35.8 Å². The number of hydrogen-bond acceptors (Lipinski definition) is 6. The first kappa shape index (κ1) is 26.9. The Balaban J connectivity index is 2.12. The zero-order valence-electron chi connectivity index (χ0n) is 22.4. The highest BCUT2D eigenvalue weighted by Gasteiger charge is 2.35. The van der Waals surface area contributed by atoms with Crippen LogP contribution in [0.2, 0.25) is 0 Å². The third kappa shape index (κ3) is 6.94. The molecule has 0 amide bonds. The monoisotopic (exact) mass is 483 g/mol. The number of aromatic nitrogens is 2. The SMILES string of the molecule is CCCCOc1ccc(-c2cnc(C)c([C@H](OC(C)(C)C)C(=O)O)c2N2CCC(C)(C)CC2)nc1. The molecule has 0 bridgehead atoms. The minimum absolute atomic E-state index is 0.253. The van der Waals surface area contributed by atoms with Gasteiger partial charge in [0.15, 0.2) is 6.10 Å². The second-order valence-corrected chi connectivity index (χ2v) is 11.2. The van der Waals surface area contributed by atoms with Gasteiger partial charge >= 0.3 is 5.97 Å². The molecule has 2 aromatic rings. The smallest absolute Gasteiger partial charge is 0.337 e. The van der Waals surface area contributed by atoms with Crippen molar-refractivity contribution in [1.82, 2.24) is 9.97 Å². The first-order valence-corrected chi connectivity index (χ1v) is 12.7. The molecule has 1 atom stereocenters. The van der Waals surface area contributed by atoms with E-state index in [1.807, 2.05) is 46.0 Å². The second-order valence-electron chi connectivity index (χ2n) is 11.2. The zero-order chi connectivity index (χ0) is 25.8. The molecule has 1 fully saturated rings. The molecule has 7 heteroatoms. The van der Waals surface area contributed by atoms with E-state index in [4.69, 9.17) is 9.47 Å². The highest BCUT2D eigenvalue weighted by atomic mass is 16.5.